The first-order chi connectivity index (χ1) is 44.4. The van der Waals surface area contributed by atoms with Crippen LogP contribution in [0.15, 0.2) is 163 Å². The summed E-state index contributed by atoms with van der Waals surface area (Å²) in [7, 11) is 4.55. The van der Waals surface area contributed by atoms with Crippen LogP contribution in [0.5, 0.6) is 11.5 Å². The van der Waals surface area contributed by atoms with Crippen LogP contribution in [-0.2, 0) is 64.5 Å². The Bertz CT molecular complexity index is 4150. The minimum Gasteiger partial charge on any atom is -0.497 e. The molecule has 5 aromatic carbocycles. The monoisotopic (exact) mass is 1290 g/mol. The van der Waals surface area contributed by atoms with Gasteiger partial charge in [-0.2, -0.15) is 4.98 Å². The van der Waals surface area contributed by atoms with Gasteiger partial charge in [0.05, 0.1) is 51.9 Å². The van der Waals surface area contributed by atoms with E-state index in [0.29, 0.717) is 33.8 Å². The lowest BCUT2D eigenvalue weighted by Crippen LogP contribution is -2.42. The lowest BCUT2D eigenvalue weighted by atomic mass is 9.80. The molecule has 4 N–H and O–H groups in total. The molecule has 0 aliphatic carbocycles. The first kappa shape index (κ1) is 64.4. The zero-order chi connectivity index (χ0) is 64.8. The number of anilines is 2. The van der Waals surface area contributed by atoms with E-state index in [-0.39, 0.29) is 46.3 Å². The summed E-state index contributed by atoms with van der Waals surface area (Å²) in [6.07, 6.45) is -6.79. The summed E-state index contributed by atoms with van der Waals surface area (Å²) in [4.78, 5) is 105. The maximum absolute atomic E-state index is 13.7. The summed E-state index contributed by atoms with van der Waals surface area (Å²) in [5, 5.41) is 5.43. The Balaban J connectivity index is 0.953. The van der Waals surface area contributed by atoms with Gasteiger partial charge in [0.1, 0.15) is 47.8 Å². The molecule has 2 amide bonds. The van der Waals surface area contributed by atoms with Crippen molar-refractivity contribution in [1.82, 2.24) is 39.0 Å². The molecule has 2 saturated heterocycles. The molecule has 92 heavy (non-hydrogen) atoms. The van der Waals surface area contributed by atoms with E-state index in [0.717, 1.165) is 0 Å². The molecule has 2 aliphatic heterocycles. The molecule has 6 heterocycles. The third-order valence-corrected chi connectivity index (χ3v) is 17.0. The van der Waals surface area contributed by atoms with Gasteiger partial charge < -0.3 is 52.6 Å². The van der Waals surface area contributed by atoms with Gasteiger partial charge in [0.25, 0.3) is 17.4 Å². The highest BCUT2D eigenvalue weighted by molar-refractivity contribution is 8.07. The van der Waals surface area contributed by atoms with Crippen molar-refractivity contribution in [3.8, 4) is 11.5 Å². The largest absolute Gasteiger partial charge is 0.497 e. The number of methoxy groups -OCH3 is 3. The van der Waals surface area contributed by atoms with E-state index in [1.807, 2.05) is 78.9 Å². The second-order valence-corrected chi connectivity index (χ2v) is 24.8. The van der Waals surface area contributed by atoms with Crippen molar-refractivity contribution >= 4 is 76.4 Å². The van der Waals surface area contributed by atoms with Crippen molar-refractivity contribution < 1.29 is 71.0 Å². The van der Waals surface area contributed by atoms with Gasteiger partial charge in [-0.1, -0.05) is 119 Å². The van der Waals surface area contributed by atoms with Crippen molar-refractivity contribution in [3.05, 3.63) is 197 Å². The molecular weight excluding hydrogens is 1230 g/mol. The number of aromatic nitrogens is 8. The van der Waals surface area contributed by atoms with Crippen LogP contribution < -0.4 is 25.7 Å². The Kier molecular flexibility index (Phi) is 19.4. The van der Waals surface area contributed by atoms with E-state index in [9.17, 15) is 28.9 Å². The smallest absolute Gasteiger partial charge is 0.325 e. The zero-order valence-electron chi connectivity index (χ0n) is 50.8. The molecule has 0 radical (unpaired) electrons. The summed E-state index contributed by atoms with van der Waals surface area (Å²) in [5.74, 6) is -2.82. The first-order valence-corrected chi connectivity index (χ1v) is 31.8. The maximum atomic E-state index is 13.7. The van der Waals surface area contributed by atoms with Gasteiger partial charge in [-0.25, -0.2) is 19.9 Å². The van der Waals surface area contributed by atoms with Crippen molar-refractivity contribution in [1.29, 1.82) is 0 Å². The number of carbonyl (C=O) groups is 4. The van der Waals surface area contributed by atoms with Gasteiger partial charge in [0.15, 0.2) is 52.8 Å². The molecule has 9 aromatic rings. The van der Waals surface area contributed by atoms with E-state index in [1.165, 1.54) is 30.7 Å². The number of esters is 2. The molecule has 9 atom stereocenters. The number of fused-ring (bicyclic) bond motifs is 2. The van der Waals surface area contributed by atoms with Crippen molar-refractivity contribution in [2.75, 3.05) is 45.2 Å². The molecule has 0 bridgehead atoms. The number of aromatic amines is 1. The predicted octanol–water partition coefficient (Wildman–Crippen LogP) is 8.05. The van der Waals surface area contributed by atoms with Gasteiger partial charge in [0, 0.05) is 18.2 Å². The van der Waals surface area contributed by atoms with Crippen molar-refractivity contribution in [3.63, 3.8) is 0 Å². The molecule has 0 unspecified atom stereocenters. The fraction of sp³-hybridized carbons (Fsp3) is 0.312. The minimum atomic E-state index is -4.61. The highest BCUT2D eigenvalue weighted by atomic mass is 32.5. The van der Waals surface area contributed by atoms with Crippen molar-refractivity contribution in [2.45, 2.75) is 82.4 Å². The van der Waals surface area contributed by atoms with E-state index in [2.05, 4.69) is 40.5 Å². The summed E-state index contributed by atoms with van der Waals surface area (Å²) in [5.41, 5.74) is 0.716. The van der Waals surface area contributed by atoms with Crippen LogP contribution in [0, 0.1) is 11.8 Å². The normalized spacial score (nSPS) is 20.5. The Hall–Kier alpha value is -9.15. The highest BCUT2D eigenvalue weighted by Crippen LogP contribution is 2.52. The fourth-order valence-electron chi connectivity index (χ4n) is 10.8. The highest BCUT2D eigenvalue weighted by Gasteiger charge is 2.54. The molecule has 4 aromatic heterocycles. The molecule has 2 aliphatic rings. The zero-order valence-corrected chi connectivity index (χ0v) is 52.5. The summed E-state index contributed by atoms with van der Waals surface area (Å²) >= 11 is 5.91. The Morgan fingerprint density at radius 2 is 1.12 bits per heavy atom. The summed E-state index contributed by atoms with van der Waals surface area (Å²) in [6, 6.07) is 41.1. The number of amides is 2. The number of hydrogen-bond acceptors (Lipinski definition) is 21. The van der Waals surface area contributed by atoms with Crippen LogP contribution in [0.3, 0.4) is 0 Å². The van der Waals surface area contributed by atoms with Gasteiger partial charge in [-0.15, -0.1) is 0 Å². The van der Waals surface area contributed by atoms with Gasteiger partial charge in [-0.3, -0.25) is 47.9 Å². The van der Waals surface area contributed by atoms with Gasteiger partial charge >= 0.3 is 18.7 Å². The molecule has 0 spiro atoms. The van der Waals surface area contributed by atoms with Crippen LogP contribution in [0.1, 0.15) is 77.6 Å². The number of nitrogens with zero attached hydrogens (tertiary/aromatic N) is 7. The molecule has 2 fully saturated rings. The minimum absolute atomic E-state index is 0.103. The molecule has 26 nitrogen and oxygen atoms in total. The topological polar surface area (TPSA) is 312 Å². The SMILES string of the molecule is COc1ccc(C(OC[C@H]2O[C@@H](n3cnc4c(NC(=O)c5ccccc5)ncnc43)[C@H](OC)[C@@H]2O[P@@](O)(=S)OC[C@H]2O[C@@H](n3cnc4c(=O)[nH]c(NC(=O)c5ccccc5)nc43)[C@H](OC(=O)C(C)C)[C@@H]2OC(=O)C(C)C)(c2ccccc2)c2ccc(OC)cc2)cc1. The molecule has 0 saturated carbocycles. The lowest BCUT2D eigenvalue weighted by molar-refractivity contribution is -0.172. The maximum Gasteiger partial charge on any atom is 0.325 e. The fourth-order valence-corrected chi connectivity index (χ4v) is 12.2. The van der Waals surface area contributed by atoms with E-state index >= 15 is 0 Å². The number of nitrogens with one attached hydrogen (secondary N) is 3. The predicted molar refractivity (Wildman–Crippen MR) is 336 cm³/mol. The van der Waals surface area contributed by atoms with Crippen LogP contribution in [0.25, 0.3) is 22.3 Å². The third-order valence-electron chi connectivity index (χ3n) is 15.5. The van der Waals surface area contributed by atoms with Crippen LogP contribution in [-0.4, -0.2) is 139 Å². The number of imidazole rings is 2. The van der Waals surface area contributed by atoms with Crippen LogP contribution >= 0.6 is 6.72 Å². The number of H-pyrrole nitrogens is 1. The number of ether oxygens (including phenoxy) is 8. The van der Waals surface area contributed by atoms with Crippen molar-refractivity contribution in [2.24, 2.45) is 11.8 Å². The molecule has 11 rings (SSSR count). The molecule has 28 heteroatoms. The second kappa shape index (κ2) is 27.8. The summed E-state index contributed by atoms with van der Waals surface area (Å²) < 4.78 is 66.4. The number of hydrogen-bond donors (Lipinski definition) is 4. The average molecular weight is 1290 g/mol. The van der Waals surface area contributed by atoms with E-state index < -0.39 is 109 Å². The Morgan fingerprint density at radius 3 is 1.67 bits per heavy atom. The number of benzene rings is 5. The van der Waals surface area contributed by atoms with Crippen LogP contribution in [0.2, 0.25) is 0 Å². The first-order valence-electron chi connectivity index (χ1n) is 29.2. The van der Waals surface area contributed by atoms with Gasteiger partial charge in [-0.05, 0) is 77.0 Å². The number of rotatable bonds is 24. The summed E-state index contributed by atoms with van der Waals surface area (Å²) in [6.45, 7) is 0.829. The van der Waals surface area contributed by atoms with E-state index in [1.54, 1.807) is 107 Å². The number of carbonyl (C=O) groups excluding carboxylic acids is 4. The van der Waals surface area contributed by atoms with Gasteiger partial charge in [0.2, 0.25) is 5.95 Å². The molecule has 478 valence electrons. The lowest BCUT2D eigenvalue weighted by Gasteiger charge is -2.37. The Morgan fingerprint density at radius 1 is 0.620 bits per heavy atom. The second-order valence-electron chi connectivity index (χ2n) is 22.0. The van der Waals surface area contributed by atoms with Crippen LogP contribution in [0.4, 0.5) is 11.8 Å². The average Bonchev–Trinajstić information content (AvgIpc) is 1.37. The molecular formula is C64H65N10O16PS. The standard InChI is InChI=1S/C64H65N10O16PS/c1-36(2)61(78)88-49-46(87-60(52(49)89-62(79)37(3)4)74-35-68-48-55(74)70-63(72-58(48)77)71-57(76)39-19-13-9-14-20-39)32-85-91(80,92)90-50-45(86-59(51(50)83-7)73-34-67-47-53(65-33-66-54(47)73)69-56(75)38-17-11-8-12-18-38)31-84-64(40-21-15-10-16-22-40,41-23-27-43(81-5)28-24-41)42-25-29-44(82-6)30-26-42/h8-30,33-37,45-46,49-52,59-60H,31-32H2,1-7H3,(H,80,92)(H,65,66,69,75)(H2,70,71,72,76,77)/t45-,46-,49-,50-,51-,52-,59-,60-,91+/m1/s1. The quantitative estimate of drug-likeness (QED) is 0.0252. The van der Waals surface area contributed by atoms with E-state index in [4.69, 9.17) is 58.7 Å². The third kappa shape index (κ3) is 13.4. The Labute approximate surface area is 531 Å².